The summed E-state index contributed by atoms with van der Waals surface area (Å²) in [5.74, 6) is -0.491. The standard InChI is InChI=1S/C9H14O3/c10-8-4-5-1-2-6(8)7(3-5)9(11)12/h5-8,10H,1-4H2,(H,11,12). The fourth-order valence-corrected chi connectivity index (χ4v) is 2.76. The Labute approximate surface area is 71.4 Å². The van der Waals surface area contributed by atoms with Crippen LogP contribution in [0.4, 0.5) is 0 Å². The molecule has 2 N–H and O–H groups in total. The first-order valence-electron chi connectivity index (χ1n) is 4.59. The maximum atomic E-state index is 10.8. The van der Waals surface area contributed by atoms with E-state index in [9.17, 15) is 9.90 Å². The van der Waals surface area contributed by atoms with Gasteiger partial charge >= 0.3 is 5.97 Å². The molecule has 3 heteroatoms. The van der Waals surface area contributed by atoms with Crippen LogP contribution in [-0.2, 0) is 4.79 Å². The second-order valence-electron chi connectivity index (χ2n) is 4.09. The van der Waals surface area contributed by atoms with E-state index in [0.29, 0.717) is 5.92 Å². The molecule has 3 aliphatic carbocycles. The molecule has 4 unspecified atom stereocenters. The van der Waals surface area contributed by atoms with E-state index in [1.54, 1.807) is 0 Å². The molecule has 0 spiro atoms. The van der Waals surface area contributed by atoms with Crippen molar-refractivity contribution in [1.29, 1.82) is 0 Å². The molecule has 0 heterocycles. The number of aliphatic hydroxyl groups is 1. The Balaban J connectivity index is 2.14. The minimum absolute atomic E-state index is 0.0347. The van der Waals surface area contributed by atoms with E-state index in [4.69, 9.17) is 5.11 Å². The van der Waals surface area contributed by atoms with E-state index in [1.165, 1.54) is 0 Å². The van der Waals surface area contributed by atoms with Gasteiger partial charge in [-0.2, -0.15) is 0 Å². The molecule has 0 radical (unpaired) electrons. The molecule has 3 aliphatic rings. The number of rotatable bonds is 1. The normalized spacial score (nSPS) is 46.1. The summed E-state index contributed by atoms with van der Waals surface area (Å²) in [6.07, 6.45) is 3.29. The SMILES string of the molecule is O=C(O)C1CC2CCC1C(O)C2. The molecule has 0 aromatic heterocycles. The maximum Gasteiger partial charge on any atom is 0.306 e. The first-order chi connectivity index (χ1) is 5.68. The highest BCUT2D eigenvalue weighted by Crippen LogP contribution is 2.45. The van der Waals surface area contributed by atoms with Gasteiger partial charge < -0.3 is 10.2 Å². The number of hydrogen-bond acceptors (Lipinski definition) is 2. The molecule has 3 fully saturated rings. The van der Waals surface area contributed by atoms with E-state index in [1.807, 2.05) is 0 Å². The number of aliphatic carboxylic acids is 1. The zero-order valence-corrected chi connectivity index (χ0v) is 6.94. The summed E-state index contributed by atoms with van der Waals surface area (Å²) >= 11 is 0. The second-order valence-corrected chi connectivity index (χ2v) is 4.09. The highest BCUT2D eigenvalue weighted by Gasteiger charge is 2.44. The van der Waals surface area contributed by atoms with E-state index in [2.05, 4.69) is 0 Å². The van der Waals surface area contributed by atoms with E-state index >= 15 is 0 Å². The summed E-state index contributed by atoms with van der Waals surface area (Å²) in [5.41, 5.74) is 0. The zero-order valence-electron chi connectivity index (χ0n) is 6.94. The van der Waals surface area contributed by atoms with Gasteiger partial charge in [-0.25, -0.2) is 0 Å². The van der Waals surface area contributed by atoms with Crippen LogP contribution >= 0.6 is 0 Å². The molecule has 0 aromatic rings. The Bertz CT molecular complexity index is 202. The molecule has 3 nitrogen and oxygen atoms in total. The molecule has 3 saturated carbocycles. The van der Waals surface area contributed by atoms with Crippen LogP contribution in [0.15, 0.2) is 0 Å². The second kappa shape index (κ2) is 2.73. The first kappa shape index (κ1) is 8.05. The number of carboxylic acid groups (broad SMARTS) is 1. The molecule has 0 aliphatic heterocycles. The zero-order chi connectivity index (χ0) is 8.72. The van der Waals surface area contributed by atoms with Crippen molar-refractivity contribution in [3.8, 4) is 0 Å². The summed E-state index contributed by atoms with van der Waals surface area (Å²) in [6.45, 7) is 0. The largest absolute Gasteiger partial charge is 0.481 e. The van der Waals surface area contributed by atoms with Crippen molar-refractivity contribution < 1.29 is 15.0 Å². The quantitative estimate of drug-likeness (QED) is 0.614. The van der Waals surface area contributed by atoms with Crippen LogP contribution in [0.3, 0.4) is 0 Å². The Kier molecular flexibility index (Phi) is 1.83. The maximum absolute atomic E-state index is 10.8. The van der Waals surface area contributed by atoms with E-state index < -0.39 is 5.97 Å². The molecule has 0 saturated heterocycles. The Morgan fingerprint density at radius 2 is 2.00 bits per heavy atom. The van der Waals surface area contributed by atoms with Crippen LogP contribution in [0, 0.1) is 17.8 Å². The van der Waals surface area contributed by atoms with Gasteiger partial charge in [0.2, 0.25) is 0 Å². The molecule has 68 valence electrons. The predicted octanol–water partition coefficient (Wildman–Crippen LogP) is 0.868. The number of fused-ring (bicyclic) bond motifs is 3. The average Bonchev–Trinajstić information content (AvgIpc) is 2.04. The van der Waals surface area contributed by atoms with Gasteiger partial charge in [0, 0.05) is 0 Å². The van der Waals surface area contributed by atoms with Crippen LogP contribution in [0.5, 0.6) is 0 Å². The lowest BCUT2D eigenvalue weighted by Gasteiger charge is -2.43. The fraction of sp³-hybridized carbons (Fsp3) is 0.889. The summed E-state index contributed by atoms with van der Waals surface area (Å²) < 4.78 is 0. The lowest BCUT2D eigenvalue weighted by molar-refractivity contribution is -0.152. The van der Waals surface area contributed by atoms with Gasteiger partial charge in [-0.05, 0) is 37.5 Å². The van der Waals surface area contributed by atoms with Crippen LogP contribution in [0.25, 0.3) is 0 Å². The van der Waals surface area contributed by atoms with Gasteiger partial charge in [-0.15, -0.1) is 0 Å². The van der Waals surface area contributed by atoms with Crippen molar-refractivity contribution in [3.63, 3.8) is 0 Å². The molecular weight excluding hydrogens is 156 g/mol. The van der Waals surface area contributed by atoms with Crippen molar-refractivity contribution in [3.05, 3.63) is 0 Å². The van der Waals surface area contributed by atoms with Crippen molar-refractivity contribution in [1.82, 2.24) is 0 Å². The number of aliphatic hydroxyl groups excluding tert-OH is 1. The summed E-state index contributed by atoms with van der Waals surface area (Å²) in [4.78, 5) is 10.8. The Morgan fingerprint density at radius 3 is 2.42 bits per heavy atom. The summed E-state index contributed by atoms with van der Waals surface area (Å²) in [7, 11) is 0. The third kappa shape index (κ3) is 1.12. The highest BCUT2D eigenvalue weighted by atomic mass is 16.4. The van der Waals surface area contributed by atoms with Crippen molar-refractivity contribution in [2.75, 3.05) is 0 Å². The van der Waals surface area contributed by atoms with Crippen LogP contribution in [0.1, 0.15) is 25.7 Å². The van der Waals surface area contributed by atoms with Gasteiger partial charge in [0.1, 0.15) is 0 Å². The predicted molar refractivity (Wildman–Crippen MR) is 42.6 cm³/mol. The number of carbonyl (C=O) groups is 1. The Hall–Kier alpha value is -0.570. The van der Waals surface area contributed by atoms with Gasteiger partial charge in [0.05, 0.1) is 12.0 Å². The van der Waals surface area contributed by atoms with Crippen molar-refractivity contribution >= 4 is 5.97 Å². The summed E-state index contributed by atoms with van der Waals surface area (Å²) in [6, 6.07) is 0. The topological polar surface area (TPSA) is 57.5 Å². The van der Waals surface area contributed by atoms with Crippen LogP contribution in [-0.4, -0.2) is 22.3 Å². The molecule has 12 heavy (non-hydrogen) atoms. The third-order valence-corrected chi connectivity index (χ3v) is 3.40. The number of hydrogen-bond donors (Lipinski definition) is 2. The number of carboxylic acids is 1. The lowest BCUT2D eigenvalue weighted by Crippen LogP contribution is -2.44. The third-order valence-electron chi connectivity index (χ3n) is 3.40. The molecule has 0 amide bonds. The van der Waals surface area contributed by atoms with E-state index in [-0.39, 0.29) is 17.9 Å². The minimum Gasteiger partial charge on any atom is -0.481 e. The molecule has 3 rings (SSSR count). The summed E-state index contributed by atoms with van der Waals surface area (Å²) in [5, 5.41) is 18.4. The molecular formula is C9H14O3. The highest BCUT2D eigenvalue weighted by molar-refractivity contribution is 5.70. The minimum atomic E-state index is -0.719. The van der Waals surface area contributed by atoms with Crippen LogP contribution in [0.2, 0.25) is 0 Å². The fourth-order valence-electron chi connectivity index (χ4n) is 2.76. The molecule has 0 aromatic carbocycles. The first-order valence-corrected chi connectivity index (χ1v) is 4.59. The Morgan fingerprint density at radius 1 is 1.25 bits per heavy atom. The van der Waals surface area contributed by atoms with Gasteiger partial charge in [0.15, 0.2) is 0 Å². The van der Waals surface area contributed by atoms with Crippen LogP contribution < -0.4 is 0 Å². The van der Waals surface area contributed by atoms with E-state index in [0.717, 1.165) is 25.7 Å². The van der Waals surface area contributed by atoms with Gasteiger partial charge in [0.25, 0.3) is 0 Å². The van der Waals surface area contributed by atoms with Gasteiger partial charge in [-0.1, -0.05) is 0 Å². The monoisotopic (exact) mass is 170 g/mol. The van der Waals surface area contributed by atoms with Gasteiger partial charge in [-0.3, -0.25) is 4.79 Å². The lowest BCUT2D eigenvalue weighted by atomic mass is 9.63. The van der Waals surface area contributed by atoms with Crippen molar-refractivity contribution in [2.45, 2.75) is 31.8 Å². The molecule has 2 bridgehead atoms. The average molecular weight is 170 g/mol. The molecule has 4 atom stereocenters. The van der Waals surface area contributed by atoms with Crippen molar-refractivity contribution in [2.24, 2.45) is 17.8 Å². The smallest absolute Gasteiger partial charge is 0.306 e.